The zero-order valence-corrected chi connectivity index (χ0v) is 13.3. The van der Waals surface area contributed by atoms with E-state index in [0.717, 1.165) is 27.9 Å². The maximum atomic E-state index is 11.8. The van der Waals surface area contributed by atoms with Gasteiger partial charge in [0, 0.05) is 17.1 Å². The lowest BCUT2D eigenvalue weighted by atomic mass is 10.1. The Balaban J connectivity index is 2.14. The quantitative estimate of drug-likeness (QED) is 0.672. The Morgan fingerprint density at radius 2 is 1.78 bits per heavy atom. The van der Waals surface area contributed by atoms with Gasteiger partial charge in [0.2, 0.25) is 0 Å². The van der Waals surface area contributed by atoms with Gasteiger partial charge in [-0.05, 0) is 43.7 Å². The van der Waals surface area contributed by atoms with Crippen LogP contribution in [0.25, 0.3) is 10.9 Å². The molecule has 2 aromatic carbocycles. The molecule has 0 saturated heterocycles. The van der Waals surface area contributed by atoms with E-state index in [9.17, 15) is 4.79 Å². The lowest BCUT2D eigenvalue weighted by molar-refractivity contribution is 0.0601. The minimum atomic E-state index is -0.380. The summed E-state index contributed by atoms with van der Waals surface area (Å²) in [5, 5.41) is 0.779. The fraction of sp³-hybridized carbons (Fsp3) is 0.158. The lowest BCUT2D eigenvalue weighted by Crippen LogP contribution is -2.01. The molecule has 3 aromatic rings. The molecule has 23 heavy (non-hydrogen) atoms. The van der Waals surface area contributed by atoms with Crippen molar-refractivity contribution in [3.05, 3.63) is 65.4 Å². The number of hydrogen-bond donors (Lipinski definition) is 0. The summed E-state index contributed by atoms with van der Waals surface area (Å²) in [5.74, 6) is 1.07. The van der Waals surface area contributed by atoms with Crippen LogP contribution in [0.3, 0.4) is 0 Å². The number of fused-ring (bicyclic) bond motifs is 1. The maximum Gasteiger partial charge on any atom is 0.337 e. The summed E-state index contributed by atoms with van der Waals surface area (Å²) in [6.07, 6.45) is 0. The number of rotatable bonds is 3. The summed E-state index contributed by atoms with van der Waals surface area (Å²) in [5.41, 5.74) is 3.15. The number of carbonyl (C=O) groups is 1. The van der Waals surface area contributed by atoms with Crippen molar-refractivity contribution in [1.29, 1.82) is 0 Å². The van der Waals surface area contributed by atoms with Gasteiger partial charge in [0.1, 0.15) is 11.5 Å². The number of benzene rings is 2. The van der Waals surface area contributed by atoms with Gasteiger partial charge in [-0.25, -0.2) is 4.79 Å². The molecule has 0 N–H and O–H groups in total. The first kappa shape index (κ1) is 15.0. The highest BCUT2D eigenvalue weighted by molar-refractivity contribution is 5.96. The average Bonchev–Trinajstić information content (AvgIpc) is 2.55. The van der Waals surface area contributed by atoms with Crippen molar-refractivity contribution in [2.75, 3.05) is 7.11 Å². The van der Waals surface area contributed by atoms with Gasteiger partial charge in [0.05, 0.1) is 18.2 Å². The van der Waals surface area contributed by atoms with Crippen LogP contribution in [0, 0.1) is 13.8 Å². The van der Waals surface area contributed by atoms with Gasteiger partial charge < -0.3 is 9.47 Å². The second kappa shape index (κ2) is 6.08. The first-order chi connectivity index (χ1) is 11.1. The first-order valence-electron chi connectivity index (χ1n) is 7.31. The van der Waals surface area contributed by atoms with E-state index in [1.54, 1.807) is 18.2 Å². The van der Waals surface area contributed by atoms with E-state index in [1.807, 2.05) is 44.2 Å². The minimum absolute atomic E-state index is 0.380. The molecule has 0 saturated carbocycles. The van der Waals surface area contributed by atoms with Crippen molar-refractivity contribution in [3.63, 3.8) is 0 Å². The van der Waals surface area contributed by atoms with E-state index >= 15 is 0 Å². The normalized spacial score (nSPS) is 10.6. The van der Waals surface area contributed by atoms with Gasteiger partial charge in [-0.1, -0.05) is 18.2 Å². The molecule has 4 nitrogen and oxygen atoms in total. The van der Waals surface area contributed by atoms with Crippen LogP contribution in [0.5, 0.6) is 11.5 Å². The van der Waals surface area contributed by atoms with Crippen molar-refractivity contribution in [2.45, 2.75) is 13.8 Å². The summed E-state index contributed by atoms with van der Waals surface area (Å²) < 4.78 is 10.9. The van der Waals surface area contributed by atoms with Gasteiger partial charge >= 0.3 is 5.97 Å². The molecule has 0 bridgehead atoms. The number of hydrogen-bond acceptors (Lipinski definition) is 4. The number of aryl methyl sites for hydroxylation is 2. The van der Waals surface area contributed by atoms with Gasteiger partial charge in [0.25, 0.3) is 0 Å². The molecule has 0 fully saturated rings. The molecule has 0 aliphatic heterocycles. The molecule has 0 atom stereocenters. The van der Waals surface area contributed by atoms with Gasteiger partial charge in [-0.3, -0.25) is 4.98 Å². The summed E-state index contributed by atoms with van der Waals surface area (Å²) in [6, 6.07) is 14.9. The van der Waals surface area contributed by atoms with Gasteiger partial charge in [-0.2, -0.15) is 0 Å². The predicted molar refractivity (Wildman–Crippen MR) is 89.1 cm³/mol. The van der Waals surface area contributed by atoms with Gasteiger partial charge in [-0.15, -0.1) is 0 Å². The van der Waals surface area contributed by atoms with E-state index in [0.29, 0.717) is 11.3 Å². The molecule has 4 heteroatoms. The molecule has 0 amide bonds. The second-order valence-electron chi connectivity index (χ2n) is 5.35. The van der Waals surface area contributed by atoms with Crippen LogP contribution in [0.15, 0.2) is 48.5 Å². The molecule has 0 spiro atoms. The Labute approximate surface area is 134 Å². The molecule has 116 valence electrons. The smallest absolute Gasteiger partial charge is 0.337 e. The standard InChI is InChI=1S/C19H17NO3/c1-12-6-4-5-7-17(12)23-18-10-13(2)20-16-9-8-14(11-15(16)18)19(21)22-3/h4-11H,1-3H3. The largest absolute Gasteiger partial charge is 0.465 e. The van der Waals surface area contributed by atoms with Crippen LogP contribution >= 0.6 is 0 Å². The van der Waals surface area contributed by atoms with Crippen LogP contribution in [-0.4, -0.2) is 18.1 Å². The fourth-order valence-electron chi connectivity index (χ4n) is 2.44. The molecule has 0 aliphatic rings. The number of carbonyl (C=O) groups excluding carboxylic acids is 1. The number of methoxy groups -OCH3 is 1. The molecule has 3 rings (SSSR count). The van der Waals surface area contributed by atoms with E-state index in [1.165, 1.54) is 7.11 Å². The fourth-order valence-corrected chi connectivity index (χ4v) is 2.44. The SMILES string of the molecule is COC(=O)c1ccc2nc(C)cc(Oc3ccccc3C)c2c1. The van der Waals surface area contributed by atoms with Crippen LogP contribution in [0.4, 0.5) is 0 Å². The average molecular weight is 307 g/mol. The van der Waals surface area contributed by atoms with Crippen LogP contribution in [0.1, 0.15) is 21.6 Å². The minimum Gasteiger partial charge on any atom is -0.465 e. The monoisotopic (exact) mass is 307 g/mol. The highest BCUT2D eigenvalue weighted by atomic mass is 16.5. The molecular formula is C19H17NO3. The van der Waals surface area contributed by atoms with Crippen molar-refractivity contribution in [1.82, 2.24) is 4.98 Å². The van der Waals surface area contributed by atoms with Crippen LogP contribution < -0.4 is 4.74 Å². The Hall–Kier alpha value is -2.88. The molecule has 0 unspecified atom stereocenters. The number of aromatic nitrogens is 1. The van der Waals surface area contributed by atoms with Crippen LogP contribution in [0.2, 0.25) is 0 Å². The Morgan fingerprint density at radius 3 is 2.52 bits per heavy atom. The number of nitrogens with zero attached hydrogens (tertiary/aromatic N) is 1. The highest BCUT2D eigenvalue weighted by Crippen LogP contribution is 2.32. The topological polar surface area (TPSA) is 48.4 Å². The third kappa shape index (κ3) is 3.01. The summed E-state index contributed by atoms with van der Waals surface area (Å²) in [7, 11) is 1.37. The van der Waals surface area contributed by atoms with Crippen LogP contribution in [-0.2, 0) is 4.74 Å². The lowest BCUT2D eigenvalue weighted by Gasteiger charge is -2.12. The summed E-state index contributed by atoms with van der Waals surface area (Å²) in [6.45, 7) is 3.91. The van der Waals surface area contributed by atoms with Crippen molar-refractivity contribution in [3.8, 4) is 11.5 Å². The van der Waals surface area contributed by atoms with E-state index in [2.05, 4.69) is 4.98 Å². The Morgan fingerprint density at radius 1 is 1.00 bits per heavy atom. The van der Waals surface area contributed by atoms with Crippen molar-refractivity contribution in [2.24, 2.45) is 0 Å². The zero-order valence-electron chi connectivity index (χ0n) is 13.3. The molecule has 1 heterocycles. The van der Waals surface area contributed by atoms with E-state index in [-0.39, 0.29) is 5.97 Å². The van der Waals surface area contributed by atoms with Gasteiger partial charge in [0.15, 0.2) is 0 Å². The molecule has 1 aromatic heterocycles. The predicted octanol–water partition coefficient (Wildman–Crippen LogP) is 4.43. The van der Waals surface area contributed by atoms with E-state index < -0.39 is 0 Å². The third-order valence-electron chi connectivity index (χ3n) is 3.63. The number of pyridine rings is 1. The Bertz CT molecular complexity index is 887. The molecule has 0 radical (unpaired) electrons. The summed E-state index contributed by atoms with van der Waals surface area (Å²) >= 11 is 0. The number of para-hydroxylation sites is 1. The second-order valence-corrected chi connectivity index (χ2v) is 5.35. The van der Waals surface area contributed by atoms with Crippen molar-refractivity contribution >= 4 is 16.9 Å². The molecular weight excluding hydrogens is 290 g/mol. The third-order valence-corrected chi connectivity index (χ3v) is 3.63. The van der Waals surface area contributed by atoms with Crippen molar-refractivity contribution < 1.29 is 14.3 Å². The Kier molecular flexibility index (Phi) is 3.98. The van der Waals surface area contributed by atoms with E-state index in [4.69, 9.17) is 9.47 Å². The highest BCUT2D eigenvalue weighted by Gasteiger charge is 2.12. The number of ether oxygens (including phenoxy) is 2. The number of esters is 1. The molecule has 0 aliphatic carbocycles. The summed E-state index contributed by atoms with van der Waals surface area (Å²) in [4.78, 5) is 16.3. The maximum absolute atomic E-state index is 11.8. The first-order valence-corrected chi connectivity index (χ1v) is 7.31. The zero-order chi connectivity index (χ0) is 16.4.